The number of aromatic nitrogens is 2. The van der Waals surface area contributed by atoms with Gasteiger partial charge in [-0.2, -0.15) is 0 Å². The zero-order valence-electron chi connectivity index (χ0n) is 14.9. The van der Waals surface area contributed by atoms with Gasteiger partial charge in [0.2, 0.25) is 0 Å². The summed E-state index contributed by atoms with van der Waals surface area (Å²) < 4.78 is 27.2. The van der Waals surface area contributed by atoms with Gasteiger partial charge in [0.15, 0.2) is 5.82 Å². The largest absolute Gasteiger partial charge is 0.265 e. The Morgan fingerprint density at radius 3 is 2.48 bits per heavy atom. The molecule has 0 spiro atoms. The molecule has 0 unspecified atom stereocenters. The first-order valence-corrected chi connectivity index (χ1v) is 10.2. The smallest absolute Gasteiger partial charge is 0.248 e. The molecule has 27 heavy (non-hydrogen) atoms. The lowest BCUT2D eigenvalue weighted by atomic mass is 10.2. The fourth-order valence-electron chi connectivity index (χ4n) is 3.02. The van der Waals surface area contributed by atoms with Crippen molar-refractivity contribution in [3.05, 3.63) is 83.3 Å². The Morgan fingerprint density at radius 2 is 1.74 bits per heavy atom. The summed E-state index contributed by atoms with van der Waals surface area (Å²) >= 11 is 0. The first kappa shape index (κ1) is 17.4. The molecule has 1 aliphatic heterocycles. The van der Waals surface area contributed by atoms with Gasteiger partial charge < -0.3 is 0 Å². The van der Waals surface area contributed by atoms with Crippen molar-refractivity contribution in [2.45, 2.75) is 18.2 Å². The summed E-state index contributed by atoms with van der Waals surface area (Å²) in [7, 11) is -3.62. The number of hydrogen-bond donors (Lipinski definition) is 0. The third kappa shape index (κ3) is 3.48. The molecule has 136 valence electrons. The number of aryl methyl sites for hydroxylation is 1. The topological polar surface area (TPSA) is 63.2 Å². The lowest BCUT2D eigenvalue weighted by Gasteiger charge is -2.18. The van der Waals surface area contributed by atoms with E-state index in [1.54, 1.807) is 30.5 Å². The van der Waals surface area contributed by atoms with E-state index in [4.69, 9.17) is 0 Å². The van der Waals surface area contributed by atoms with Gasteiger partial charge in [-0.05, 0) is 30.7 Å². The fraction of sp³-hybridized carbons (Fsp3) is 0.143. The molecule has 0 N–H and O–H groups in total. The van der Waals surface area contributed by atoms with E-state index in [2.05, 4.69) is 9.97 Å². The number of anilines is 1. The van der Waals surface area contributed by atoms with Crippen molar-refractivity contribution in [3.63, 3.8) is 0 Å². The molecule has 0 saturated heterocycles. The van der Waals surface area contributed by atoms with Gasteiger partial charge in [0.1, 0.15) is 0 Å². The lowest BCUT2D eigenvalue weighted by Crippen LogP contribution is -2.29. The third-order valence-corrected chi connectivity index (χ3v) is 6.29. The van der Waals surface area contributed by atoms with E-state index < -0.39 is 10.0 Å². The Bertz CT molecular complexity index is 1090. The summed E-state index contributed by atoms with van der Waals surface area (Å²) in [5.74, 6) is 0.424. The molecule has 3 aromatic rings. The second kappa shape index (κ2) is 6.96. The van der Waals surface area contributed by atoms with Crippen molar-refractivity contribution >= 4 is 28.0 Å². The number of hydrogen-bond acceptors (Lipinski definition) is 4. The minimum absolute atomic E-state index is 0.274. The Morgan fingerprint density at radius 1 is 1.00 bits per heavy atom. The van der Waals surface area contributed by atoms with Gasteiger partial charge in [0, 0.05) is 13.0 Å². The van der Waals surface area contributed by atoms with Crippen LogP contribution in [-0.2, 0) is 16.4 Å². The zero-order chi connectivity index (χ0) is 18.9. The Balaban J connectivity index is 1.61. The van der Waals surface area contributed by atoms with Crippen LogP contribution in [0.2, 0.25) is 0 Å². The van der Waals surface area contributed by atoms with E-state index in [1.807, 2.05) is 49.4 Å². The van der Waals surface area contributed by atoms with Crippen molar-refractivity contribution in [1.82, 2.24) is 9.97 Å². The number of rotatable bonds is 4. The second-order valence-corrected chi connectivity index (χ2v) is 8.31. The lowest BCUT2D eigenvalue weighted by molar-refractivity contribution is 0.592. The van der Waals surface area contributed by atoms with Crippen LogP contribution in [0.3, 0.4) is 0 Å². The molecule has 0 amide bonds. The molecule has 5 nitrogen and oxygen atoms in total. The van der Waals surface area contributed by atoms with Gasteiger partial charge in [0.05, 0.1) is 22.5 Å². The highest BCUT2D eigenvalue weighted by Crippen LogP contribution is 2.30. The van der Waals surface area contributed by atoms with Crippen LogP contribution in [0.5, 0.6) is 0 Å². The molecule has 2 heterocycles. The number of fused-ring (bicyclic) bond motifs is 1. The van der Waals surface area contributed by atoms with Crippen LogP contribution >= 0.6 is 0 Å². The van der Waals surface area contributed by atoms with E-state index in [0.717, 1.165) is 11.1 Å². The number of sulfonamides is 1. The molecule has 0 fully saturated rings. The quantitative estimate of drug-likeness (QED) is 0.695. The van der Waals surface area contributed by atoms with E-state index in [0.29, 0.717) is 30.2 Å². The minimum Gasteiger partial charge on any atom is -0.248 e. The molecule has 1 aromatic heterocycles. The van der Waals surface area contributed by atoms with Crippen molar-refractivity contribution in [2.24, 2.45) is 0 Å². The maximum Gasteiger partial charge on any atom is 0.265 e. The molecule has 1 aliphatic rings. The van der Waals surface area contributed by atoms with Gasteiger partial charge in [-0.15, -0.1) is 0 Å². The van der Waals surface area contributed by atoms with Crippen LogP contribution in [0.25, 0.3) is 12.2 Å². The minimum atomic E-state index is -3.62. The summed E-state index contributed by atoms with van der Waals surface area (Å²) in [6.07, 6.45) is 6.02. The van der Waals surface area contributed by atoms with Crippen LogP contribution in [0, 0.1) is 6.92 Å². The van der Waals surface area contributed by atoms with Gasteiger partial charge in [-0.25, -0.2) is 22.7 Å². The van der Waals surface area contributed by atoms with Gasteiger partial charge >= 0.3 is 0 Å². The summed E-state index contributed by atoms with van der Waals surface area (Å²) in [6, 6.07) is 16.8. The molecule has 6 heteroatoms. The van der Waals surface area contributed by atoms with Crippen molar-refractivity contribution in [1.29, 1.82) is 0 Å². The van der Waals surface area contributed by atoms with Gasteiger partial charge in [0.25, 0.3) is 10.0 Å². The van der Waals surface area contributed by atoms with E-state index in [-0.39, 0.29) is 4.90 Å². The van der Waals surface area contributed by atoms with Gasteiger partial charge in [-0.1, -0.05) is 54.1 Å². The van der Waals surface area contributed by atoms with Crippen LogP contribution in [-0.4, -0.2) is 24.9 Å². The molecular weight excluding hydrogens is 358 g/mol. The van der Waals surface area contributed by atoms with Crippen LogP contribution < -0.4 is 4.31 Å². The normalized spacial score (nSPS) is 13.9. The van der Waals surface area contributed by atoms with Crippen LogP contribution in [0.15, 0.2) is 65.7 Å². The highest BCUT2D eigenvalue weighted by atomic mass is 32.2. The fourth-order valence-corrected chi connectivity index (χ4v) is 4.47. The molecule has 0 saturated carbocycles. The van der Waals surface area contributed by atoms with E-state index in [1.165, 1.54) is 4.31 Å². The average Bonchev–Trinajstić information content (AvgIpc) is 3.11. The molecule has 0 aliphatic carbocycles. The van der Waals surface area contributed by atoms with E-state index in [9.17, 15) is 8.42 Å². The third-order valence-electron chi connectivity index (χ3n) is 4.48. The molecule has 0 atom stereocenters. The van der Waals surface area contributed by atoms with Crippen molar-refractivity contribution in [2.75, 3.05) is 10.8 Å². The maximum absolute atomic E-state index is 12.9. The average molecular weight is 377 g/mol. The summed E-state index contributed by atoms with van der Waals surface area (Å²) in [6.45, 7) is 2.29. The maximum atomic E-state index is 12.9. The molecule has 2 aromatic carbocycles. The molecule has 0 radical (unpaired) electrons. The summed E-state index contributed by atoms with van der Waals surface area (Å²) in [5, 5.41) is 0. The monoisotopic (exact) mass is 377 g/mol. The summed E-state index contributed by atoms with van der Waals surface area (Å²) in [5.41, 5.74) is 3.52. The molecular formula is C21H19N3O2S. The predicted molar refractivity (Wildman–Crippen MR) is 107 cm³/mol. The Labute approximate surface area is 159 Å². The Hall–Kier alpha value is -2.99. The zero-order valence-corrected chi connectivity index (χ0v) is 15.7. The number of nitrogens with zero attached hydrogens (tertiary/aromatic N) is 3. The highest BCUT2D eigenvalue weighted by molar-refractivity contribution is 7.92. The molecule has 4 rings (SSSR count). The Kier molecular flexibility index (Phi) is 4.49. The first-order chi connectivity index (χ1) is 13.0. The second-order valence-electron chi connectivity index (χ2n) is 6.45. The predicted octanol–water partition coefficient (Wildman–Crippen LogP) is 3.71. The first-order valence-electron chi connectivity index (χ1n) is 8.72. The highest BCUT2D eigenvalue weighted by Gasteiger charge is 2.33. The van der Waals surface area contributed by atoms with Crippen LogP contribution in [0.1, 0.15) is 22.5 Å². The molecule has 0 bridgehead atoms. The van der Waals surface area contributed by atoms with Crippen molar-refractivity contribution < 1.29 is 8.42 Å². The van der Waals surface area contributed by atoms with Crippen molar-refractivity contribution in [3.8, 4) is 0 Å². The summed E-state index contributed by atoms with van der Waals surface area (Å²) in [4.78, 5) is 9.25. The van der Waals surface area contributed by atoms with Gasteiger partial charge in [-0.3, -0.25) is 0 Å². The SMILES string of the molecule is Cc1ccc(S(=O)(=O)N2CCc3nc(/C=C/c4ccccc4)cnc32)cc1. The van der Waals surface area contributed by atoms with Crippen LogP contribution in [0.4, 0.5) is 5.82 Å². The van der Waals surface area contributed by atoms with E-state index >= 15 is 0 Å². The number of benzene rings is 2. The standard InChI is InChI=1S/C21H19N3O2S/c1-16-7-11-19(12-8-16)27(25,26)24-14-13-20-21(24)22-15-18(23-20)10-9-17-5-3-2-4-6-17/h2-12,15H,13-14H2,1H3/b10-9+.